The van der Waals surface area contributed by atoms with E-state index in [0.717, 1.165) is 33.3 Å². The van der Waals surface area contributed by atoms with Crippen LogP contribution in [-0.4, -0.2) is 61.1 Å². The van der Waals surface area contributed by atoms with Crippen LogP contribution in [0.5, 0.6) is 11.5 Å². The first-order valence-corrected chi connectivity index (χ1v) is 10.2. The molecule has 0 N–H and O–H groups in total. The lowest BCUT2D eigenvalue weighted by Crippen LogP contribution is -2.11. The third-order valence-corrected chi connectivity index (χ3v) is 5.14. The second-order valence-corrected chi connectivity index (χ2v) is 7.22. The third-order valence-electron chi connectivity index (χ3n) is 4.23. The molecule has 0 radical (unpaired) electrons. The number of fused-ring (bicyclic) bond motifs is 6. The van der Waals surface area contributed by atoms with E-state index < -0.39 is 0 Å². The van der Waals surface area contributed by atoms with E-state index in [2.05, 4.69) is 9.97 Å². The highest BCUT2D eigenvalue weighted by molar-refractivity contribution is 7.99. The summed E-state index contributed by atoms with van der Waals surface area (Å²) in [4.78, 5) is 9.06. The van der Waals surface area contributed by atoms with Crippen LogP contribution in [0.1, 0.15) is 0 Å². The van der Waals surface area contributed by atoms with Crippen molar-refractivity contribution in [3.8, 4) is 11.5 Å². The van der Waals surface area contributed by atoms with Gasteiger partial charge in [-0.15, -0.1) is 0 Å². The van der Waals surface area contributed by atoms with Crippen LogP contribution in [0.4, 0.5) is 0 Å². The summed E-state index contributed by atoms with van der Waals surface area (Å²) < 4.78 is 23.6. The predicted octanol–water partition coefficient (Wildman–Crippen LogP) is 3.32. The Labute approximate surface area is 162 Å². The van der Waals surface area contributed by atoms with Gasteiger partial charge in [0.05, 0.1) is 26.4 Å². The molecular formula is C20H22N2O4S. The number of hydrogen-bond donors (Lipinski definition) is 0. The number of hydrogen-bond acceptors (Lipinski definition) is 7. The second kappa shape index (κ2) is 9.21. The van der Waals surface area contributed by atoms with Crippen LogP contribution < -0.4 is 9.47 Å². The van der Waals surface area contributed by atoms with E-state index in [0.29, 0.717) is 51.1 Å². The van der Waals surface area contributed by atoms with E-state index in [9.17, 15) is 0 Å². The molecule has 6 nitrogen and oxygen atoms in total. The number of nitrogens with zero attached hydrogens (tertiary/aromatic N) is 2. The van der Waals surface area contributed by atoms with Gasteiger partial charge in [0.2, 0.25) is 0 Å². The number of aromatic nitrogens is 2. The van der Waals surface area contributed by atoms with Gasteiger partial charge in [0.25, 0.3) is 0 Å². The van der Waals surface area contributed by atoms with Crippen LogP contribution in [0.25, 0.3) is 21.8 Å². The predicted molar refractivity (Wildman–Crippen MR) is 107 cm³/mol. The smallest absolute Gasteiger partial charge is 0.171 e. The van der Waals surface area contributed by atoms with Crippen molar-refractivity contribution in [2.75, 3.05) is 51.1 Å². The summed E-state index contributed by atoms with van der Waals surface area (Å²) in [6.45, 7) is 3.38. The zero-order valence-corrected chi connectivity index (χ0v) is 15.9. The normalized spacial score (nSPS) is 17.3. The molecule has 0 saturated carbocycles. The summed E-state index contributed by atoms with van der Waals surface area (Å²) in [6.07, 6.45) is 3.54. The Hall–Kier alpha value is -2.09. The first kappa shape index (κ1) is 18.3. The van der Waals surface area contributed by atoms with Crippen LogP contribution in [0, 0.1) is 0 Å². The highest BCUT2D eigenvalue weighted by Crippen LogP contribution is 2.42. The average Bonchev–Trinajstić information content (AvgIpc) is 2.73. The van der Waals surface area contributed by atoms with Gasteiger partial charge in [-0.25, -0.2) is 0 Å². The molecule has 3 heterocycles. The maximum atomic E-state index is 6.12. The van der Waals surface area contributed by atoms with E-state index in [-0.39, 0.29) is 0 Å². The van der Waals surface area contributed by atoms with E-state index in [4.69, 9.17) is 18.9 Å². The molecule has 7 heteroatoms. The minimum Gasteiger partial charge on any atom is -0.487 e. The standard InChI is InChI=1S/C20H22N2O4S/c1-3-15-17(21-5-1)18-16(4-2-6-22-18)20-19(15)25-9-7-23-11-13-27-14-12-24-8-10-26-20/h1-6H,7-14H2. The Bertz CT molecular complexity index is 833. The molecular weight excluding hydrogens is 364 g/mol. The lowest BCUT2D eigenvalue weighted by Gasteiger charge is -2.17. The van der Waals surface area contributed by atoms with Crippen molar-refractivity contribution < 1.29 is 18.9 Å². The fourth-order valence-corrected chi connectivity index (χ4v) is 3.71. The number of benzene rings is 1. The number of thioether (sulfide) groups is 1. The highest BCUT2D eigenvalue weighted by Gasteiger charge is 2.18. The zero-order valence-electron chi connectivity index (χ0n) is 15.1. The van der Waals surface area contributed by atoms with Crippen molar-refractivity contribution in [1.82, 2.24) is 9.97 Å². The van der Waals surface area contributed by atoms with Crippen LogP contribution in [0.2, 0.25) is 0 Å². The fraction of sp³-hybridized carbons (Fsp3) is 0.400. The van der Waals surface area contributed by atoms with Crippen LogP contribution >= 0.6 is 11.8 Å². The molecule has 1 aromatic carbocycles. The summed E-state index contributed by atoms with van der Waals surface area (Å²) in [5, 5.41) is 1.78. The zero-order chi connectivity index (χ0) is 18.3. The summed E-state index contributed by atoms with van der Waals surface area (Å²) in [7, 11) is 0. The van der Waals surface area contributed by atoms with Crippen molar-refractivity contribution >= 4 is 33.6 Å². The van der Waals surface area contributed by atoms with Crippen molar-refractivity contribution in [2.24, 2.45) is 0 Å². The first-order valence-electron chi connectivity index (χ1n) is 9.09. The largest absolute Gasteiger partial charge is 0.487 e. The highest BCUT2D eigenvalue weighted by atomic mass is 32.2. The van der Waals surface area contributed by atoms with Gasteiger partial charge in [0.1, 0.15) is 24.2 Å². The molecule has 27 heavy (non-hydrogen) atoms. The minimum atomic E-state index is 0.452. The lowest BCUT2D eigenvalue weighted by molar-refractivity contribution is 0.105. The van der Waals surface area contributed by atoms with Crippen molar-refractivity contribution in [3.63, 3.8) is 0 Å². The molecule has 0 atom stereocenters. The van der Waals surface area contributed by atoms with Gasteiger partial charge < -0.3 is 18.9 Å². The van der Waals surface area contributed by atoms with E-state index in [1.807, 2.05) is 36.0 Å². The molecule has 0 saturated heterocycles. The summed E-state index contributed by atoms with van der Waals surface area (Å²) in [5.74, 6) is 3.29. The molecule has 0 bridgehead atoms. The molecule has 142 valence electrons. The summed E-state index contributed by atoms with van der Waals surface area (Å²) in [5.41, 5.74) is 1.61. The fourth-order valence-electron chi connectivity index (χ4n) is 3.03. The molecule has 0 unspecified atom stereocenters. The molecule has 0 amide bonds. The Morgan fingerprint density at radius 3 is 1.70 bits per heavy atom. The SMILES string of the molecule is c1cnc2c(c1)c1c(c3cccnc32)OCCOCCSCCOCCO1. The Balaban J connectivity index is 1.75. The number of pyridine rings is 2. The lowest BCUT2D eigenvalue weighted by atomic mass is 10.1. The second-order valence-electron chi connectivity index (χ2n) is 5.99. The molecule has 4 rings (SSSR count). The van der Waals surface area contributed by atoms with Gasteiger partial charge in [-0.1, -0.05) is 0 Å². The van der Waals surface area contributed by atoms with E-state index >= 15 is 0 Å². The maximum absolute atomic E-state index is 6.12. The first-order chi connectivity index (χ1) is 13.4. The van der Waals surface area contributed by atoms with E-state index in [1.54, 1.807) is 12.4 Å². The van der Waals surface area contributed by atoms with Crippen molar-refractivity contribution in [2.45, 2.75) is 0 Å². The number of ether oxygens (including phenoxy) is 4. The van der Waals surface area contributed by atoms with Gasteiger partial charge >= 0.3 is 0 Å². The molecule has 1 aliphatic rings. The van der Waals surface area contributed by atoms with Gasteiger partial charge in [-0.2, -0.15) is 11.8 Å². The van der Waals surface area contributed by atoms with Gasteiger partial charge in [0.15, 0.2) is 11.5 Å². The average molecular weight is 386 g/mol. The Kier molecular flexibility index (Phi) is 6.24. The topological polar surface area (TPSA) is 62.7 Å². The maximum Gasteiger partial charge on any atom is 0.171 e. The van der Waals surface area contributed by atoms with Crippen molar-refractivity contribution in [1.29, 1.82) is 0 Å². The van der Waals surface area contributed by atoms with Crippen LogP contribution in [0.15, 0.2) is 36.7 Å². The van der Waals surface area contributed by atoms with Gasteiger partial charge in [-0.05, 0) is 24.3 Å². The summed E-state index contributed by atoms with van der Waals surface area (Å²) >= 11 is 1.83. The van der Waals surface area contributed by atoms with Crippen LogP contribution in [-0.2, 0) is 9.47 Å². The Morgan fingerprint density at radius 1 is 0.667 bits per heavy atom. The summed E-state index contributed by atoms with van der Waals surface area (Å²) in [6, 6.07) is 7.77. The molecule has 2 aromatic heterocycles. The number of rotatable bonds is 0. The molecule has 3 aromatic rings. The molecule has 1 aliphatic heterocycles. The van der Waals surface area contributed by atoms with Crippen LogP contribution in [0.3, 0.4) is 0 Å². The Morgan fingerprint density at radius 2 is 1.19 bits per heavy atom. The van der Waals surface area contributed by atoms with E-state index in [1.165, 1.54) is 0 Å². The quantitative estimate of drug-likeness (QED) is 0.549. The van der Waals surface area contributed by atoms with Gasteiger partial charge in [-0.3, -0.25) is 9.97 Å². The van der Waals surface area contributed by atoms with Crippen molar-refractivity contribution in [3.05, 3.63) is 36.7 Å². The third kappa shape index (κ3) is 4.26. The molecule has 0 spiro atoms. The molecule has 0 aliphatic carbocycles. The molecule has 0 fully saturated rings. The minimum absolute atomic E-state index is 0.452. The van der Waals surface area contributed by atoms with Gasteiger partial charge in [0, 0.05) is 34.7 Å². The monoisotopic (exact) mass is 386 g/mol.